The smallest absolute Gasteiger partial charge is 0.277 e. The molecule has 2 aromatic rings. The normalized spacial score (nSPS) is 10.3. The summed E-state index contributed by atoms with van der Waals surface area (Å²) < 4.78 is 0. The Bertz CT molecular complexity index is 748. The average Bonchev–Trinajstić information content (AvgIpc) is 2.94. The number of aryl methyl sites for hydroxylation is 1. The maximum Gasteiger partial charge on any atom is 0.277 e. The summed E-state index contributed by atoms with van der Waals surface area (Å²) in [6.45, 7) is 0. The van der Waals surface area contributed by atoms with Gasteiger partial charge in [-0.2, -0.15) is 0 Å². The molecular formula is C11H8BrN5O5S. The fourth-order valence-electron chi connectivity index (χ4n) is 1.59. The van der Waals surface area contributed by atoms with Crippen molar-refractivity contribution in [2.45, 2.75) is 6.42 Å². The molecule has 0 radical (unpaired) electrons. The van der Waals surface area contributed by atoms with E-state index in [1.807, 2.05) is 0 Å². The number of anilines is 1. The molecule has 0 aliphatic heterocycles. The molecule has 0 fully saturated rings. The highest BCUT2D eigenvalue weighted by atomic mass is 79.9. The SMILES string of the molecule is O=C(Nc1nnc(CCBr)s1)c1cc([N+](=O)[O-])cc([N+](=O)[O-])c1. The van der Waals surface area contributed by atoms with Crippen LogP contribution in [0.3, 0.4) is 0 Å². The van der Waals surface area contributed by atoms with Gasteiger partial charge in [-0.15, -0.1) is 10.2 Å². The number of hydrogen-bond donors (Lipinski definition) is 1. The number of nitrogens with zero attached hydrogens (tertiary/aromatic N) is 4. The van der Waals surface area contributed by atoms with E-state index in [9.17, 15) is 25.0 Å². The van der Waals surface area contributed by atoms with Crippen molar-refractivity contribution in [2.75, 3.05) is 10.6 Å². The van der Waals surface area contributed by atoms with Crippen LogP contribution in [0.2, 0.25) is 0 Å². The maximum absolute atomic E-state index is 12.1. The number of benzene rings is 1. The number of aromatic nitrogens is 2. The van der Waals surface area contributed by atoms with Crippen LogP contribution in [0.5, 0.6) is 0 Å². The molecular weight excluding hydrogens is 394 g/mol. The minimum absolute atomic E-state index is 0.205. The van der Waals surface area contributed by atoms with Gasteiger partial charge in [0.1, 0.15) is 5.01 Å². The molecule has 0 aliphatic carbocycles. The highest BCUT2D eigenvalue weighted by Gasteiger charge is 2.20. The van der Waals surface area contributed by atoms with Gasteiger partial charge in [0.25, 0.3) is 17.3 Å². The van der Waals surface area contributed by atoms with Crippen LogP contribution >= 0.6 is 27.3 Å². The van der Waals surface area contributed by atoms with Crippen molar-refractivity contribution in [3.05, 3.63) is 49.0 Å². The van der Waals surface area contributed by atoms with Gasteiger partial charge in [0.2, 0.25) is 5.13 Å². The van der Waals surface area contributed by atoms with Crippen molar-refractivity contribution in [1.82, 2.24) is 10.2 Å². The van der Waals surface area contributed by atoms with E-state index in [2.05, 4.69) is 31.4 Å². The fraction of sp³-hybridized carbons (Fsp3) is 0.182. The molecule has 1 N–H and O–H groups in total. The fourth-order valence-corrected chi connectivity index (χ4v) is 2.96. The van der Waals surface area contributed by atoms with Crippen LogP contribution in [0.15, 0.2) is 18.2 Å². The minimum Gasteiger partial charge on any atom is -0.296 e. The second kappa shape index (κ2) is 7.19. The molecule has 23 heavy (non-hydrogen) atoms. The number of nitro benzene ring substituents is 2. The van der Waals surface area contributed by atoms with Crippen molar-refractivity contribution in [2.24, 2.45) is 0 Å². The summed E-state index contributed by atoms with van der Waals surface area (Å²) in [4.78, 5) is 32.1. The van der Waals surface area contributed by atoms with Crippen molar-refractivity contribution in [3.8, 4) is 0 Å². The number of non-ortho nitro benzene ring substituents is 2. The molecule has 2 rings (SSSR count). The average molecular weight is 402 g/mol. The van der Waals surface area contributed by atoms with Gasteiger partial charge >= 0.3 is 0 Å². The van der Waals surface area contributed by atoms with Gasteiger partial charge in [-0.25, -0.2) is 0 Å². The maximum atomic E-state index is 12.1. The van der Waals surface area contributed by atoms with Gasteiger partial charge in [-0.1, -0.05) is 27.3 Å². The zero-order chi connectivity index (χ0) is 17.0. The lowest BCUT2D eigenvalue weighted by molar-refractivity contribution is -0.394. The summed E-state index contributed by atoms with van der Waals surface area (Å²) in [5.74, 6) is -0.738. The van der Waals surface area contributed by atoms with Gasteiger partial charge in [-0.05, 0) is 0 Å². The van der Waals surface area contributed by atoms with E-state index in [1.165, 1.54) is 0 Å². The first-order valence-corrected chi connectivity index (χ1v) is 7.98. The summed E-state index contributed by atoms with van der Waals surface area (Å²) in [6, 6.07) is 2.71. The van der Waals surface area contributed by atoms with Gasteiger partial charge in [-0.3, -0.25) is 30.3 Å². The van der Waals surface area contributed by atoms with Gasteiger partial charge in [0, 0.05) is 23.9 Å². The molecule has 0 bridgehead atoms. The first-order valence-electron chi connectivity index (χ1n) is 6.04. The first kappa shape index (κ1) is 16.9. The Hall–Kier alpha value is -2.47. The molecule has 1 aromatic heterocycles. The van der Waals surface area contributed by atoms with Crippen molar-refractivity contribution < 1.29 is 14.6 Å². The highest BCUT2D eigenvalue weighted by molar-refractivity contribution is 9.09. The third-order valence-electron chi connectivity index (χ3n) is 2.58. The molecule has 12 heteroatoms. The lowest BCUT2D eigenvalue weighted by Gasteiger charge is -2.01. The van der Waals surface area contributed by atoms with Crippen LogP contribution in [0.1, 0.15) is 15.4 Å². The molecule has 0 aliphatic rings. The number of halogens is 1. The summed E-state index contributed by atoms with van der Waals surface area (Å²) in [6.07, 6.45) is 0.635. The minimum atomic E-state index is -0.803. The zero-order valence-electron chi connectivity index (χ0n) is 11.3. The van der Waals surface area contributed by atoms with E-state index in [4.69, 9.17) is 0 Å². The van der Waals surface area contributed by atoms with Crippen molar-refractivity contribution in [3.63, 3.8) is 0 Å². The van der Waals surface area contributed by atoms with E-state index in [0.29, 0.717) is 16.8 Å². The second-order valence-corrected chi connectivity index (χ2v) is 6.00. The van der Waals surface area contributed by atoms with Crippen LogP contribution in [-0.2, 0) is 6.42 Å². The monoisotopic (exact) mass is 401 g/mol. The molecule has 0 saturated carbocycles. The lowest BCUT2D eigenvalue weighted by Crippen LogP contribution is -2.12. The first-order chi connectivity index (χ1) is 10.9. The predicted octanol–water partition coefficient (Wildman–Crippen LogP) is 2.54. The quantitative estimate of drug-likeness (QED) is 0.445. The summed E-state index contributed by atoms with van der Waals surface area (Å²) in [7, 11) is 0. The molecule has 10 nitrogen and oxygen atoms in total. The largest absolute Gasteiger partial charge is 0.296 e. The molecule has 0 atom stereocenters. The molecule has 1 heterocycles. The van der Waals surface area contributed by atoms with Gasteiger partial charge in [0.15, 0.2) is 0 Å². The van der Waals surface area contributed by atoms with Crippen molar-refractivity contribution in [1.29, 1.82) is 0 Å². The molecule has 1 aromatic carbocycles. The Labute approximate surface area is 141 Å². The summed E-state index contributed by atoms with van der Waals surface area (Å²) in [5, 5.41) is 33.2. The van der Waals surface area contributed by atoms with E-state index in [-0.39, 0.29) is 10.7 Å². The van der Waals surface area contributed by atoms with E-state index in [1.54, 1.807) is 0 Å². The van der Waals surface area contributed by atoms with Crippen LogP contribution in [-0.4, -0.2) is 31.3 Å². The second-order valence-electron chi connectivity index (χ2n) is 4.15. The third-order valence-corrected chi connectivity index (χ3v) is 3.88. The third kappa shape index (κ3) is 4.26. The van der Waals surface area contributed by atoms with E-state index in [0.717, 1.165) is 29.5 Å². The summed E-state index contributed by atoms with van der Waals surface area (Å²) >= 11 is 4.40. The van der Waals surface area contributed by atoms with Crippen LogP contribution < -0.4 is 5.32 Å². The van der Waals surface area contributed by atoms with Crippen LogP contribution in [0.25, 0.3) is 0 Å². The number of rotatable bonds is 6. The van der Waals surface area contributed by atoms with E-state index >= 15 is 0 Å². The standard InChI is InChI=1S/C11H8BrN5O5S/c12-2-1-9-14-15-11(23-9)13-10(18)6-3-7(16(19)20)5-8(4-6)17(21)22/h3-5H,1-2H2,(H,13,15,18). The number of nitrogens with one attached hydrogen (secondary N) is 1. The number of amides is 1. The number of carbonyl (C=O) groups is 1. The number of alkyl halides is 1. The number of hydrogen-bond acceptors (Lipinski definition) is 8. The molecule has 0 saturated heterocycles. The number of nitro groups is 2. The molecule has 0 spiro atoms. The molecule has 1 amide bonds. The lowest BCUT2D eigenvalue weighted by atomic mass is 10.1. The van der Waals surface area contributed by atoms with Crippen LogP contribution in [0, 0.1) is 20.2 Å². The Morgan fingerprint density at radius 2 is 1.78 bits per heavy atom. The Morgan fingerprint density at radius 3 is 2.30 bits per heavy atom. The highest BCUT2D eigenvalue weighted by Crippen LogP contribution is 2.24. The van der Waals surface area contributed by atoms with Gasteiger partial charge in [0.05, 0.1) is 21.5 Å². The molecule has 0 unspecified atom stereocenters. The number of carbonyl (C=O) groups excluding carboxylic acids is 1. The molecule has 120 valence electrons. The van der Waals surface area contributed by atoms with Crippen LogP contribution in [0.4, 0.5) is 16.5 Å². The summed E-state index contributed by atoms with van der Waals surface area (Å²) in [5.41, 5.74) is -1.29. The van der Waals surface area contributed by atoms with Gasteiger partial charge < -0.3 is 0 Å². The Balaban J connectivity index is 2.26. The predicted molar refractivity (Wildman–Crippen MR) is 85.1 cm³/mol. The van der Waals surface area contributed by atoms with Crippen molar-refractivity contribution >= 4 is 49.7 Å². The Kier molecular flexibility index (Phi) is 5.28. The Morgan fingerprint density at radius 1 is 1.17 bits per heavy atom. The van der Waals surface area contributed by atoms with E-state index < -0.39 is 27.1 Å². The zero-order valence-corrected chi connectivity index (χ0v) is 13.7. The topological polar surface area (TPSA) is 141 Å².